The normalized spacial score (nSPS) is 17.6. The number of hydrogen-bond acceptors (Lipinski definition) is 5. The zero-order valence-electron chi connectivity index (χ0n) is 15.5. The number of rotatable bonds is 6. The van der Waals surface area contributed by atoms with E-state index < -0.39 is 17.6 Å². The molecule has 154 valence electrons. The number of hydroxylamine groups is 1. The number of amides is 1. The molecule has 1 aliphatic rings. The van der Waals surface area contributed by atoms with Crippen LogP contribution in [0.4, 0.5) is 19.0 Å². The summed E-state index contributed by atoms with van der Waals surface area (Å²) in [6, 6.07) is 9.07. The molecule has 0 bridgehead atoms. The van der Waals surface area contributed by atoms with Crippen LogP contribution in [0.3, 0.4) is 0 Å². The van der Waals surface area contributed by atoms with Crippen LogP contribution in [-0.2, 0) is 17.5 Å². The van der Waals surface area contributed by atoms with Crippen LogP contribution in [0.5, 0.6) is 0 Å². The Kier molecular flexibility index (Phi) is 6.50. The Bertz CT molecular complexity index is 852. The molecule has 0 radical (unpaired) electrons. The molecule has 0 spiro atoms. The highest BCUT2D eigenvalue weighted by Gasteiger charge is 2.30. The van der Waals surface area contributed by atoms with Crippen molar-refractivity contribution in [3.05, 3.63) is 65.4 Å². The van der Waals surface area contributed by atoms with Crippen molar-refractivity contribution in [2.75, 3.05) is 18.4 Å². The van der Waals surface area contributed by atoms with Gasteiger partial charge in [-0.05, 0) is 47.9 Å². The Morgan fingerprint density at radius 3 is 2.62 bits per heavy atom. The van der Waals surface area contributed by atoms with E-state index in [1.54, 1.807) is 18.3 Å². The number of nitrogens with one attached hydrogen (secondary N) is 2. The fraction of sp³-hybridized carbons (Fsp3) is 0.300. The third-order valence-electron chi connectivity index (χ3n) is 4.64. The molecule has 1 aromatic heterocycles. The molecule has 9 heteroatoms. The van der Waals surface area contributed by atoms with Crippen molar-refractivity contribution in [1.29, 1.82) is 0 Å². The topological polar surface area (TPSA) is 77.5 Å². The summed E-state index contributed by atoms with van der Waals surface area (Å²) in [5.41, 5.74) is 2.44. The minimum atomic E-state index is -4.31. The standard InChI is InChI=1S/C20H21F3N4O2/c21-20(22,23)16-5-1-15(2-6-16)12-27-10-9-17(13-27)25-18-7-3-14(11-24-18)4-8-19(28)26-29/h1-8,11,17,29H,9-10,12-13H2,(H,24,25)(H,26,28)/t17-/m1/s1. The lowest BCUT2D eigenvalue weighted by atomic mass is 10.1. The number of carbonyl (C=O) groups is 1. The molecule has 3 rings (SSSR count). The molecule has 6 nitrogen and oxygen atoms in total. The SMILES string of the molecule is O=C(C=Cc1ccc(N[C@@H]2CCN(Cc3ccc(C(F)(F)F)cc3)C2)nc1)NO. The van der Waals surface area contributed by atoms with Gasteiger partial charge in [0.2, 0.25) is 0 Å². The second-order valence-corrected chi connectivity index (χ2v) is 6.85. The van der Waals surface area contributed by atoms with Gasteiger partial charge in [-0.1, -0.05) is 12.1 Å². The van der Waals surface area contributed by atoms with Gasteiger partial charge < -0.3 is 5.32 Å². The largest absolute Gasteiger partial charge is 0.416 e. The summed E-state index contributed by atoms with van der Waals surface area (Å²) in [6.45, 7) is 2.21. The molecule has 1 amide bonds. The number of pyridine rings is 1. The molecule has 2 heterocycles. The maximum absolute atomic E-state index is 12.6. The fourth-order valence-corrected chi connectivity index (χ4v) is 3.16. The minimum absolute atomic E-state index is 0.193. The monoisotopic (exact) mass is 406 g/mol. The molecular formula is C20H21F3N4O2. The molecule has 1 fully saturated rings. The van der Waals surface area contributed by atoms with Gasteiger partial charge in [0, 0.05) is 37.9 Å². The van der Waals surface area contributed by atoms with Crippen LogP contribution < -0.4 is 10.8 Å². The third-order valence-corrected chi connectivity index (χ3v) is 4.64. The summed E-state index contributed by atoms with van der Waals surface area (Å²) in [4.78, 5) is 17.5. The van der Waals surface area contributed by atoms with Gasteiger partial charge in [0.25, 0.3) is 5.91 Å². The number of halogens is 3. The van der Waals surface area contributed by atoms with Crippen LogP contribution in [-0.4, -0.2) is 40.1 Å². The van der Waals surface area contributed by atoms with Crippen LogP contribution in [0.2, 0.25) is 0 Å². The van der Waals surface area contributed by atoms with E-state index in [1.807, 2.05) is 0 Å². The molecule has 29 heavy (non-hydrogen) atoms. The number of nitrogens with zero attached hydrogens (tertiary/aromatic N) is 2. The average molecular weight is 406 g/mol. The molecule has 1 aromatic carbocycles. The van der Waals surface area contributed by atoms with Crippen molar-refractivity contribution >= 4 is 17.8 Å². The first-order chi connectivity index (χ1) is 13.8. The van der Waals surface area contributed by atoms with E-state index in [0.29, 0.717) is 12.4 Å². The highest BCUT2D eigenvalue weighted by Crippen LogP contribution is 2.29. The van der Waals surface area contributed by atoms with E-state index in [9.17, 15) is 18.0 Å². The number of aromatic nitrogens is 1. The highest BCUT2D eigenvalue weighted by molar-refractivity contribution is 5.90. The van der Waals surface area contributed by atoms with Crippen LogP contribution >= 0.6 is 0 Å². The molecular weight excluding hydrogens is 385 g/mol. The molecule has 0 unspecified atom stereocenters. The number of carbonyl (C=O) groups excluding carboxylic acids is 1. The van der Waals surface area contributed by atoms with Crippen LogP contribution in [0.15, 0.2) is 48.7 Å². The van der Waals surface area contributed by atoms with Crippen LogP contribution in [0.25, 0.3) is 6.08 Å². The summed E-state index contributed by atoms with van der Waals surface area (Å²) in [6.07, 6.45) is 0.924. The van der Waals surface area contributed by atoms with Gasteiger partial charge in [-0.25, -0.2) is 10.5 Å². The first-order valence-electron chi connectivity index (χ1n) is 9.07. The van der Waals surface area contributed by atoms with E-state index in [1.165, 1.54) is 29.8 Å². The fourth-order valence-electron chi connectivity index (χ4n) is 3.16. The predicted octanol–water partition coefficient (Wildman–Crippen LogP) is 3.31. The lowest BCUT2D eigenvalue weighted by molar-refractivity contribution is -0.137. The zero-order valence-corrected chi connectivity index (χ0v) is 15.5. The number of anilines is 1. The maximum atomic E-state index is 12.6. The van der Waals surface area contributed by atoms with Gasteiger partial charge in [0.15, 0.2) is 0 Å². The molecule has 0 aliphatic carbocycles. The van der Waals surface area contributed by atoms with Gasteiger partial charge in [-0.3, -0.25) is 14.9 Å². The highest BCUT2D eigenvalue weighted by atomic mass is 19.4. The van der Waals surface area contributed by atoms with E-state index in [0.717, 1.165) is 42.8 Å². The predicted molar refractivity (Wildman–Crippen MR) is 102 cm³/mol. The summed E-state index contributed by atoms with van der Waals surface area (Å²) in [7, 11) is 0. The van der Waals surface area contributed by atoms with Gasteiger partial charge in [-0.15, -0.1) is 0 Å². The molecule has 2 aromatic rings. The van der Waals surface area contributed by atoms with Crippen molar-refractivity contribution in [1.82, 2.24) is 15.4 Å². The molecule has 1 aliphatic heterocycles. The molecule has 1 saturated heterocycles. The second-order valence-electron chi connectivity index (χ2n) is 6.85. The van der Waals surface area contributed by atoms with Crippen molar-refractivity contribution in [2.45, 2.75) is 25.2 Å². The molecule has 1 atom stereocenters. The Labute approximate surface area is 166 Å². The van der Waals surface area contributed by atoms with Gasteiger partial charge in [0.05, 0.1) is 5.56 Å². The Morgan fingerprint density at radius 2 is 2.00 bits per heavy atom. The number of hydrogen-bond donors (Lipinski definition) is 3. The van der Waals surface area contributed by atoms with Crippen molar-refractivity contribution in [3.63, 3.8) is 0 Å². The third kappa shape index (κ3) is 6.03. The summed E-state index contributed by atoms with van der Waals surface area (Å²) >= 11 is 0. The summed E-state index contributed by atoms with van der Waals surface area (Å²) < 4.78 is 37.9. The lowest BCUT2D eigenvalue weighted by Crippen LogP contribution is -2.26. The van der Waals surface area contributed by atoms with E-state index >= 15 is 0 Å². The van der Waals surface area contributed by atoms with E-state index in [4.69, 9.17) is 5.21 Å². The zero-order chi connectivity index (χ0) is 20.9. The molecule has 3 N–H and O–H groups in total. The number of alkyl halides is 3. The average Bonchev–Trinajstić information content (AvgIpc) is 3.13. The van der Waals surface area contributed by atoms with Crippen molar-refractivity contribution in [2.24, 2.45) is 0 Å². The number of likely N-dealkylation sites (tertiary alicyclic amines) is 1. The van der Waals surface area contributed by atoms with Crippen molar-refractivity contribution < 1.29 is 23.2 Å². The van der Waals surface area contributed by atoms with Crippen LogP contribution in [0, 0.1) is 0 Å². The molecule has 0 saturated carbocycles. The lowest BCUT2D eigenvalue weighted by Gasteiger charge is -2.17. The van der Waals surface area contributed by atoms with Gasteiger partial charge >= 0.3 is 6.18 Å². The van der Waals surface area contributed by atoms with Gasteiger partial charge in [0.1, 0.15) is 5.82 Å². The quantitative estimate of drug-likeness (QED) is 0.390. The van der Waals surface area contributed by atoms with Crippen molar-refractivity contribution in [3.8, 4) is 0 Å². The van der Waals surface area contributed by atoms with Crippen LogP contribution in [0.1, 0.15) is 23.1 Å². The summed E-state index contributed by atoms with van der Waals surface area (Å²) in [5.74, 6) is 0.0847. The number of benzene rings is 1. The Hall–Kier alpha value is -2.91. The maximum Gasteiger partial charge on any atom is 0.416 e. The first-order valence-corrected chi connectivity index (χ1v) is 9.07. The second kappa shape index (κ2) is 9.06. The minimum Gasteiger partial charge on any atom is -0.366 e. The summed E-state index contributed by atoms with van der Waals surface area (Å²) in [5, 5.41) is 11.8. The van der Waals surface area contributed by atoms with E-state index in [-0.39, 0.29) is 6.04 Å². The Morgan fingerprint density at radius 1 is 1.24 bits per heavy atom. The first kappa shape index (κ1) is 20.8. The Balaban J connectivity index is 1.49. The smallest absolute Gasteiger partial charge is 0.366 e. The van der Waals surface area contributed by atoms with Gasteiger partial charge in [-0.2, -0.15) is 13.2 Å². The van der Waals surface area contributed by atoms with E-state index in [2.05, 4.69) is 15.2 Å².